The summed E-state index contributed by atoms with van der Waals surface area (Å²) in [5.74, 6) is 0.930. The number of halogens is 2. The van der Waals surface area contributed by atoms with E-state index < -0.39 is 17.8 Å². The van der Waals surface area contributed by atoms with Gasteiger partial charge in [-0.1, -0.05) is 12.8 Å². The summed E-state index contributed by atoms with van der Waals surface area (Å²) >= 11 is 3.13. The normalized spacial score (nSPS) is 16.2. The third kappa shape index (κ3) is 3.22. The number of allylic oxidation sites excluding steroid dienone is 1. The van der Waals surface area contributed by atoms with Crippen molar-refractivity contribution in [3.05, 3.63) is 33.8 Å². The highest BCUT2D eigenvalue weighted by Gasteiger charge is 2.40. The number of carbonyl (C=O) groups excluding carboxylic acids is 2. The number of hydrogen-bond donors (Lipinski definition) is 0. The Bertz CT molecular complexity index is 751. The summed E-state index contributed by atoms with van der Waals surface area (Å²) in [6.45, 7) is 3.45. The standard InChI is InChI=1S/C16H13BrFNO4/c1-4-6-22-13-8-12(11(18)7-10(13)17)19-15(20)14(9(3)5-2)23-16(19)21/h1,7-8H,5-6H2,2-3H3. The topological polar surface area (TPSA) is 55.8 Å². The van der Waals surface area contributed by atoms with Crippen molar-refractivity contribution >= 4 is 33.6 Å². The first-order chi connectivity index (χ1) is 10.9. The minimum absolute atomic E-state index is 0.0395. The van der Waals surface area contributed by atoms with E-state index in [4.69, 9.17) is 15.9 Å². The second kappa shape index (κ2) is 6.84. The summed E-state index contributed by atoms with van der Waals surface area (Å²) in [6, 6.07) is 2.32. The Kier molecular flexibility index (Phi) is 5.06. The predicted octanol–water partition coefficient (Wildman–Crippen LogP) is 3.77. The molecule has 0 N–H and O–H groups in total. The lowest BCUT2D eigenvalue weighted by molar-refractivity contribution is -0.114. The molecule has 1 fully saturated rings. The fourth-order valence-corrected chi connectivity index (χ4v) is 2.35. The first kappa shape index (κ1) is 17.0. The number of ether oxygens (including phenoxy) is 2. The molecule has 0 aromatic heterocycles. The predicted molar refractivity (Wildman–Crippen MR) is 85.4 cm³/mol. The van der Waals surface area contributed by atoms with Gasteiger partial charge in [0.1, 0.15) is 18.2 Å². The lowest BCUT2D eigenvalue weighted by atomic mass is 10.2. The zero-order chi connectivity index (χ0) is 17.1. The minimum Gasteiger partial charge on any atom is -0.480 e. The molecule has 2 rings (SSSR count). The molecule has 2 amide bonds. The van der Waals surface area contributed by atoms with E-state index in [1.54, 1.807) is 6.92 Å². The van der Waals surface area contributed by atoms with E-state index in [9.17, 15) is 14.0 Å². The Balaban J connectivity index is 2.48. The lowest BCUT2D eigenvalue weighted by Crippen LogP contribution is -2.29. The Morgan fingerprint density at radius 1 is 1.48 bits per heavy atom. The maximum atomic E-state index is 14.2. The van der Waals surface area contributed by atoms with Gasteiger partial charge in [-0.2, -0.15) is 0 Å². The van der Waals surface area contributed by atoms with Crippen molar-refractivity contribution in [1.82, 2.24) is 0 Å². The maximum absolute atomic E-state index is 14.2. The highest BCUT2D eigenvalue weighted by Crippen LogP contribution is 2.36. The van der Waals surface area contributed by atoms with Crippen molar-refractivity contribution in [3.63, 3.8) is 0 Å². The molecule has 1 aliphatic heterocycles. The van der Waals surface area contributed by atoms with Crippen molar-refractivity contribution in [2.75, 3.05) is 11.5 Å². The highest BCUT2D eigenvalue weighted by molar-refractivity contribution is 9.10. The van der Waals surface area contributed by atoms with Crippen LogP contribution in [-0.2, 0) is 9.53 Å². The number of imide groups is 1. The van der Waals surface area contributed by atoms with Gasteiger partial charge in [0, 0.05) is 6.07 Å². The van der Waals surface area contributed by atoms with Crippen molar-refractivity contribution < 1.29 is 23.5 Å². The van der Waals surface area contributed by atoms with Crippen molar-refractivity contribution in [2.45, 2.75) is 20.3 Å². The zero-order valence-electron chi connectivity index (χ0n) is 12.5. The number of hydrogen-bond acceptors (Lipinski definition) is 4. The quantitative estimate of drug-likeness (QED) is 0.588. The van der Waals surface area contributed by atoms with Crippen LogP contribution < -0.4 is 9.64 Å². The van der Waals surface area contributed by atoms with Crippen LogP contribution in [0.5, 0.6) is 5.75 Å². The van der Waals surface area contributed by atoms with Gasteiger partial charge in [0.2, 0.25) is 0 Å². The average Bonchev–Trinajstić information content (AvgIpc) is 2.81. The van der Waals surface area contributed by atoms with E-state index in [0.29, 0.717) is 21.4 Å². The Morgan fingerprint density at radius 2 is 2.17 bits per heavy atom. The minimum atomic E-state index is -0.957. The molecule has 0 atom stereocenters. The zero-order valence-corrected chi connectivity index (χ0v) is 14.1. The molecule has 0 bridgehead atoms. The van der Waals surface area contributed by atoms with Gasteiger partial charge >= 0.3 is 12.0 Å². The summed E-state index contributed by atoms with van der Waals surface area (Å²) < 4.78 is 24.8. The van der Waals surface area contributed by atoms with Gasteiger partial charge in [0.15, 0.2) is 5.76 Å². The smallest absolute Gasteiger partial charge is 0.427 e. The second-order valence-electron chi connectivity index (χ2n) is 4.70. The number of terminal acetylenes is 1. The molecule has 7 heteroatoms. The maximum Gasteiger partial charge on any atom is 0.427 e. The van der Waals surface area contributed by atoms with Crippen LogP contribution in [0.3, 0.4) is 0 Å². The number of carbonyl (C=O) groups is 2. The molecule has 0 radical (unpaired) electrons. The first-order valence-electron chi connectivity index (χ1n) is 6.72. The molecule has 0 saturated carbocycles. The fraction of sp³-hybridized carbons (Fsp3) is 0.250. The Hall–Kier alpha value is -2.33. The summed E-state index contributed by atoms with van der Waals surface area (Å²) in [6.07, 6.45) is 4.69. The molecule has 5 nitrogen and oxygen atoms in total. The molecule has 1 aliphatic rings. The van der Waals surface area contributed by atoms with Gasteiger partial charge < -0.3 is 9.47 Å². The highest BCUT2D eigenvalue weighted by atomic mass is 79.9. The number of rotatable bonds is 4. The van der Waals surface area contributed by atoms with E-state index in [1.807, 2.05) is 6.92 Å². The van der Waals surface area contributed by atoms with Crippen molar-refractivity contribution in [1.29, 1.82) is 0 Å². The number of benzene rings is 1. The molecular weight excluding hydrogens is 369 g/mol. The van der Waals surface area contributed by atoms with E-state index in [2.05, 4.69) is 21.9 Å². The Labute approximate surface area is 141 Å². The van der Waals surface area contributed by atoms with Crippen LogP contribution in [0.1, 0.15) is 20.3 Å². The molecule has 1 saturated heterocycles. The number of nitrogens with zero attached hydrogens (tertiary/aromatic N) is 1. The third-order valence-electron chi connectivity index (χ3n) is 3.24. The molecular formula is C16H13BrFNO4. The van der Waals surface area contributed by atoms with Gasteiger partial charge in [-0.3, -0.25) is 4.79 Å². The SMILES string of the molecule is C#CCOc1cc(N2C(=O)OC(=C(C)CC)C2=O)c(F)cc1Br. The Morgan fingerprint density at radius 3 is 2.78 bits per heavy atom. The second-order valence-corrected chi connectivity index (χ2v) is 5.55. The molecule has 0 unspecified atom stereocenters. The molecule has 1 heterocycles. The summed E-state index contributed by atoms with van der Waals surface area (Å²) in [7, 11) is 0. The lowest BCUT2D eigenvalue weighted by Gasteiger charge is -2.14. The largest absolute Gasteiger partial charge is 0.480 e. The number of anilines is 1. The molecule has 1 aromatic carbocycles. The average molecular weight is 382 g/mol. The molecule has 120 valence electrons. The molecule has 0 aliphatic carbocycles. The third-order valence-corrected chi connectivity index (χ3v) is 3.86. The fourth-order valence-electron chi connectivity index (χ4n) is 1.92. The monoisotopic (exact) mass is 381 g/mol. The van der Waals surface area contributed by atoms with Gasteiger partial charge in [-0.05, 0) is 40.9 Å². The van der Waals surface area contributed by atoms with Crippen LogP contribution in [0.15, 0.2) is 27.9 Å². The van der Waals surface area contributed by atoms with Gasteiger partial charge in [0.05, 0.1) is 10.2 Å². The van der Waals surface area contributed by atoms with Gasteiger partial charge in [-0.15, -0.1) is 6.42 Å². The summed E-state index contributed by atoms with van der Waals surface area (Å²) in [5.41, 5.74) is 0.348. The van der Waals surface area contributed by atoms with Crippen LogP contribution in [0.2, 0.25) is 0 Å². The van der Waals surface area contributed by atoms with E-state index in [-0.39, 0.29) is 23.8 Å². The molecule has 1 aromatic rings. The molecule has 0 spiro atoms. The summed E-state index contributed by atoms with van der Waals surface area (Å²) in [4.78, 5) is 25.0. The van der Waals surface area contributed by atoms with Crippen molar-refractivity contribution in [3.8, 4) is 18.1 Å². The van der Waals surface area contributed by atoms with Crippen LogP contribution in [0.4, 0.5) is 14.9 Å². The van der Waals surface area contributed by atoms with E-state index >= 15 is 0 Å². The first-order valence-corrected chi connectivity index (χ1v) is 7.51. The van der Waals surface area contributed by atoms with Gasteiger partial charge in [0.25, 0.3) is 0 Å². The number of amides is 2. The van der Waals surface area contributed by atoms with Crippen LogP contribution in [0, 0.1) is 18.2 Å². The van der Waals surface area contributed by atoms with Crippen LogP contribution in [-0.4, -0.2) is 18.6 Å². The van der Waals surface area contributed by atoms with E-state index in [1.165, 1.54) is 6.07 Å². The summed E-state index contributed by atoms with van der Waals surface area (Å²) in [5, 5.41) is 0. The van der Waals surface area contributed by atoms with Gasteiger partial charge in [-0.25, -0.2) is 14.1 Å². The van der Waals surface area contributed by atoms with Crippen molar-refractivity contribution in [2.24, 2.45) is 0 Å². The number of cyclic esters (lactones) is 1. The van der Waals surface area contributed by atoms with Crippen LogP contribution >= 0.6 is 15.9 Å². The van der Waals surface area contributed by atoms with E-state index in [0.717, 1.165) is 6.07 Å². The van der Waals surface area contributed by atoms with Crippen LogP contribution in [0.25, 0.3) is 0 Å². The molecule has 23 heavy (non-hydrogen) atoms.